The van der Waals surface area contributed by atoms with Crippen molar-refractivity contribution in [3.63, 3.8) is 0 Å². The van der Waals surface area contributed by atoms with Crippen molar-refractivity contribution in [2.24, 2.45) is 0 Å². The zero-order chi connectivity index (χ0) is 6.99. The molecule has 0 saturated carbocycles. The molecule has 0 aliphatic rings. The molecular weight excluding hydrogens is 115 g/mol. The second-order valence-electron chi connectivity index (χ2n) is 0.550. The van der Waals surface area contributed by atoms with Crippen LogP contribution in [0, 0.1) is 0 Å². The van der Waals surface area contributed by atoms with Crippen molar-refractivity contribution in [3.05, 3.63) is 12.8 Å². The van der Waals surface area contributed by atoms with Gasteiger partial charge >= 0.3 is 6.16 Å². The van der Waals surface area contributed by atoms with Gasteiger partial charge in [-0.05, 0) is 0 Å². The topological polar surface area (TPSA) is 46.5 Å². The minimum absolute atomic E-state index is 0.500. The van der Waals surface area contributed by atoms with E-state index in [4.69, 9.17) is 5.11 Å². The van der Waals surface area contributed by atoms with Gasteiger partial charge in [-0.2, -0.15) is 0 Å². The lowest BCUT2D eigenvalue weighted by atomic mass is 11.1. The summed E-state index contributed by atoms with van der Waals surface area (Å²) in [7, 11) is 0.500. The van der Waals surface area contributed by atoms with Gasteiger partial charge in [0.05, 0.1) is 13.4 Å². The van der Waals surface area contributed by atoms with Crippen LogP contribution in [0.25, 0.3) is 0 Å². The third kappa shape index (κ3) is 20.4. The smallest absolute Gasteiger partial charge is 0.449 e. The van der Waals surface area contributed by atoms with E-state index in [0.717, 1.165) is 6.26 Å². The third-order valence-corrected chi connectivity index (χ3v) is 0.184. The molecule has 0 atom stereocenters. The summed E-state index contributed by atoms with van der Waals surface area (Å²) in [6.07, 6.45) is -0.479. The summed E-state index contributed by atoms with van der Waals surface area (Å²) in [6, 6.07) is 0. The summed E-state index contributed by atoms with van der Waals surface area (Å²) in [5, 5.41) is 7.62. The predicted octanol–water partition coefficient (Wildman–Crippen LogP) is 1.41. The zero-order valence-corrected chi connectivity index (χ0v) is 4.43. The van der Waals surface area contributed by atoms with Gasteiger partial charge in [-0.1, -0.05) is 6.58 Å². The lowest BCUT2D eigenvalue weighted by Crippen LogP contribution is -1.89. The lowest BCUT2D eigenvalue weighted by molar-refractivity contribution is 0.128. The minimum atomic E-state index is -1.33. The maximum Gasteiger partial charge on any atom is 0.510 e. The molecule has 0 radical (unpaired) electrons. The number of halogens is 1. The monoisotopic (exact) mass is 122 g/mol. The van der Waals surface area contributed by atoms with E-state index < -0.39 is 6.16 Å². The Morgan fingerprint density at radius 1 is 1.88 bits per heavy atom. The molecule has 0 aromatic rings. The summed E-state index contributed by atoms with van der Waals surface area (Å²) in [5.74, 6) is 0. The Morgan fingerprint density at radius 3 is 2.25 bits per heavy atom. The van der Waals surface area contributed by atoms with Gasteiger partial charge in [0.1, 0.15) is 0 Å². The first-order valence-corrected chi connectivity index (χ1v) is 1.65. The Balaban J connectivity index is 0. The van der Waals surface area contributed by atoms with Gasteiger partial charge in [0, 0.05) is 0 Å². The molecule has 0 spiro atoms. The molecule has 0 aromatic carbocycles. The number of ether oxygens (including phenoxy) is 1. The fourth-order valence-corrected chi connectivity index (χ4v) is 0.0713. The zero-order valence-electron chi connectivity index (χ0n) is 4.43. The van der Waals surface area contributed by atoms with E-state index in [1.807, 2.05) is 0 Å². The normalized spacial score (nSPS) is 5.75. The van der Waals surface area contributed by atoms with Crippen LogP contribution in [-0.4, -0.2) is 18.4 Å². The van der Waals surface area contributed by atoms with Gasteiger partial charge < -0.3 is 9.84 Å². The Bertz CT molecular complexity index is 71.7. The van der Waals surface area contributed by atoms with Crippen molar-refractivity contribution < 1.29 is 19.0 Å². The highest BCUT2D eigenvalue weighted by atomic mass is 19.1. The maximum atomic E-state index is 9.50. The SMILES string of the molecule is C=COC(=O)O.CF. The fraction of sp³-hybridized carbons (Fsp3) is 0.250. The van der Waals surface area contributed by atoms with Crippen LogP contribution in [0.1, 0.15) is 0 Å². The molecular formula is C4H7FO3. The highest BCUT2D eigenvalue weighted by Gasteiger charge is 1.84. The molecule has 4 heteroatoms. The van der Waals surface area contributed by atoms with Crippen LogP contribution in [0.4, 0.5) is 9.18 Å². The molecule has 0 fully saturated rings. The van der Waals surface area contributed by atoms with Crippen molar-refractivity contribution in [2.75, 3.05) is 7.18 Å². The van der Waals surface area contributed by atoms with Gasteiger partial charge in [-0.15, -0.1) is 0 Å². The van der Waals surface area contributed by atoms with E-state index >= 15 is 0 Å². The number of alkyl halides is 1. The second kappa shape index (κ2) is 9.34. The maximum absolute atomic E-state index is 9.50. The quantitative estimate of drug-likeness (QED) is 0.422. The predicted molar refractivity (Wildman–Crippen MR) is 26.3 cm³/mol. The summed E-state index contributed by atoms with van der Waals surface area (Å²) in [6.45, 7) is 3.00. The molecule has 48 valence electrons. The Kier molecular flexibility index (Phi) is 11.7. The van der Waals surface area contributed by atoms with Crippen LogP contribution in [0.15, 0.2) is 12.8 Å². The second-order valence-corrected chi connectivity index (χ2v) is 0.550. The number of carboxylic acid groups (broad SMARTS) is 1. The number of hydrogen-bond donors (Lipinski definition) is 1. The average Bonchev–Trinajstić information content (AvgIpc) is 1.72. The van der Waals surface area contributed by atoms with E-state index in [1.165, 1.54) is 0 Å². The van der Waals surface area contributed by atoms with E-state index in [1.54, 1.807) is 0 Å². The van der Waals surface area contributed by atoms with Gasteiger partial charge in [0.2, 0.25) is 0 Å². The molecule has 0 aliphatic heterocycles. The van der Waals surface area contributed by atoms with Crippen LogP contribution in [0.2, 0.25) is 0 Å². The highest BCUT2D eigenvalue weighted by molar-refractivity contribution is 5.57. The summed E-state index contributed by atoms with van der Waals surface area (Å²) < 4.78 is 13.2. The van der Waals surface area contributed by atoms with Gasteiger partial charge in [0.25, 0.3) is 0 Å². The van der Waals surface area contributed by atoms with Gasteiger partial charge in [-0.25, -0.2) is 4.79 Å². The molecule has 8 heavy (non-hydrogen) atoms. The van der Waals surface area contributed by atoms with Crippen molar-refractivity contribution in [1.82, 2.24) is 0 Å². The molecule has 0 bridgehead atoms. The summed E-state index contributed by atoms with van der Waals surface area (Å²) >= 11 is 0. The average molecular weight is 122 g/mol. The molecule has 0 amide bonds. The number of hydrogen-bond acceptors (Lipinski definition) is 2. The Hall–Kier alpha value is -1.06. The Labute approximate surface area is 46.4 Å². The first-order valence-electron chi connectivity index (χ1n) is 1.65. The molecule has 1 N–H and O–H groups in total. The van der Waals surface area contributed by atoms with Crippen LogP contribution in [0.5, 0.6) is 0 Å². The van der Waals surface area contributed by atoms with Crippen LogP contribution in [-0.2, 0) is 4.74 Å². The van der Waals surface area contributed by atoms with E-state index in [0.29, 0.717) is 7.18 Å². The highest BCUT2D eigenvalue weighted by Crippen LogP contribution is 1.70. The molecule has 0 unspecified atom stereocenters. The van der Waals surface area contributed by atoms with Gasteiger partial charge in [-0.3, -0.25) is 4.39 Å². The lowest BCUT2D eigenvalue weighted by Gasteiger charge is -1.81. The first kappa shape index (κ1) is 10.0. The molecule has 0 heterocycles. The first-order chi connectivity index (χ1) is 3.77. The molecule has 3 nitrogen and oxygen atoms in total. The van der Waals surface area contributed by atoms with E-state index in [9.17, 15) is 9.18 Å². The van der Waals surface area contributed by atoms with Crippen molar-refractivity contribution in [2.45, 2.75) is 0 Å². The minimum Gasteiger partial charge on any atom is -0.449 e. The van der Waals surface area contributed by atoms with Crippen LogP contribution < -0.4 is 0 Å². The molecule has 0 rings (SSSR count). The summed E-state index contributed by atoms with van der Waals surface area (Å²) in [4.78, 5) is 9.31. The Morgan fingerprint density at radius 2 is 2.25 bits per heavy atom. The van der Waals surface area contributed by atoms with Crippen LogP contribution in [0.3, 0.4) is 0 Å². The number of carbonyl (C=O) groups is 1. The molecule has 0 saturated heterocycles. The van der Waals surface area contributed by atoms with Gasteiger partial charge in [0.15, 0.2) is 0 Å². The third-order valence-electron chi connectivity index (χ3n) is 0.184. The molecule has 0 aliphatic carbocycles. The largest absolute Gasteiger partial charge is 0.510 e. The number of rotatable bonds is 1. The van der Waals surface area contributed by atoms with Crippen LogP contribution >= 0.6 is 0 Å². The van der Waals surface area contributed by atoms with E-state index in [2.05, 4.69) is 11.3 Å². The standard InChI is InChI=1S/C3H4O3.CH3F/c1-2-6-3(4)5;1-2/h2H,1H2,(H,4,5);1H3. The van der Waals surface area contributed by atoms with Crippen molar-refractivity contribution >= 4 is 6.16 Å². The fourth-order valence-electron chi connectivity index (χ4n) is 0.0713. The molecule has 0 aromatic heterocycles. The van der Waals surface area contributed by atoms with Crippen molar-refractivity contribution in [1.29, 1.82) is 0 Å². The van der Waals surface area contributed by atoms with E-state index in [-0.39, 0.29) is 0 Å². The summed E-state index contributed by atoms with van der Waals surface area (Å²) in [5.41, 5.74) is 0. The van der Waals surface area contributed by atoms with Crippen molar-refractivity contribution in [3.8, 4) is 0 Å².